The van der Waals surface area contributed by atoms with Crippen LogP contribution in [0.3, 0.4) is 0 Å². The third kappa shape index (κ3) is 7.14. The van der Waals surface area contributed by atoms with Crippen LogP contribution in [0.25, 0.3) is 0 Å². The molecule has 0 unspecified atom stereocenters. The van der Waals surface area contributed by atoms with Gasteiger partial charge >= 0.3 is 5.69 Å². The molecule has 0 saturated carbocycles. The molecule has 0 saturated heterocycles. The maximum absolute atomic E-state index is 11.8. The van der Waals surface area contributed by atoms with Crippen molar-refractivity contribution in [2.24, 2.45) is 10.2 Å². The predicted octanol–water partition coefficient (Wildman–Crippen LogP) is 3.83. The number of anilines is 2. The maximum atomic E-state index is 11.8. The summed E-state index contributed by atoms with van der Waals surface area (Å²) >= 11 is 3.06. The topological polar surface area (TPSA) is 193 Å². The lowest BCUT2D eigenvalue weighted by molar-refractivity contribution is -0.393. The second-order valence-corrected chi connectivity index (χ2v) is 7.75. The number of carbonyl (C=O) groups is 1. The third-order valence-electron chi connectivity index (χ3n) is 4.46. The fraction of sp³-hybridized carbons (Fsp3) is 0.350. The van der Waals surface area contributed by atoms with Gasteiger partial charge in [-0.3, -0.25) is 25.0 Å². The number of benzene rings is 2. The summed E-state index contributed by atoms with van der Waals surface area (Å²) in [5, 5.41) is 51.9. The monoisotopic (exact) mass is 554 g/mol. The van der Waals surface area contributed by atoms with E-state index >= 15 is 0 Å². The van der Waals surface area contributed by atoms with Crippen molar-refractivity contribution in [1.82, 2.24) is 0 Å². The van der Waals surface area contributed by atoms with Crippen LogP contribution in [0.5, 0.6) is 5.75 Å². The van der Waals surface area contributed by atoms with Gasteiger partial charge in [0.1, 0.15) is 11.4 Å². The number of carbonyl (C=O) groups excluding carboxylic acids is 1. The van der Waals surface area contributed by atoms with Gasteiger partial charge in [0, 0.05) is 32.1 Å². The van der Waals surface area contributed by atoms with Crippen LogP contribution in [0.1, 0.15) is 13.8 Å². The van der Waals surface area contributed by atoms with Crippen molar-refractivity contribution in [2.45, 2.75) is 13.8 Å². The van der Waals surface area contributed by atoms with E-state index in [0.29, 0.717) is 11.4 Å². The van der Waals surface area contributed by atoms with E-state index in [2.05, 4.69) is 31.5 Å². The molecule has 1 amide bonds. The lowest BCUT2D eigenvalue weighted by atomic mass is 10.2. The number of halogens is 1. The molecule has 0 aliphatic rings. The Bertz CT molecular complexity index is 1140. The average Bonchev–Trinajstić information content (AvgIpc) is 2.78. The fourth-order valence-corrected chi connectivity index (χ4v) is 3.58. The summed E-state index contributed by atoms with van der Waals surface area (Å²) in [4.78, 5) is 34.4. The zero-order chi connectivity index (χ0) is 26.1. The van der Waals surface area contributed by atoms with Crippen LogP contribution in [0.4, 0.5) is 34.1 Å². The number of hydrogen-bond donors (Lipinski definition) is 3. The molecular weight excluding hydrogens is 532 g/mol. The molecule has 0 fully saturated rings. The van der Waals surface area contributed by atoms with E-state index in [-0.39, 0.29) is 54.4 Å². The van der Waals surface area contributed by atoms with Crippen LogP contribution in [0, 0.1) is 20.2 Å². The molecule has 2 rings (SSSR count). The number of aliphatic hydroxyl groups is 2. The van der Waals surface area contributed by atoms with Crippen LogP contribution in [0.2, 0.25) is 0 Å². The highest BCUT2D eigenvalue weighted by atomic mass is 79.9. The first-order chi connectivity index (χ1) is 16.6. The third-order valence-corrected chi connectivity index (χ3v) is 5.07. The summed E-state index contributed by atoms with van der Waals surface area (Å²) in [6, 6.07) is 4.79. The zero-order valence-electron chi connectivity index (χ0n) is 18.8. The van der Waals surface area contributed by atoms with Crippen molar-refractivity contribution >= 4 is 56.0 Å². The number of nitrogens with one attached hydrogen (secondary N) is 1. The molecule has 0 aliphatic carbocycles. The fourth-order valence-electron chi connectivity index (χ4n) is 3.06. The molecule has 2 aromatic rings. The molecule has 15 heteroatoms. The zero-order valence-corrected chi connectivity index (χ0v) is 20.4. The van der Waals surface area contributed by atoms with Gasteiger partial charge in [0.25, 0.3) is 5.69 Å². The number of rotatable bonds is 12. The smallest absolute Gasteiger partial charge is 0.304 e. The maximum Gasteiger partial charge on any atom is 0.304 e. The van der Waals surface area contributed by atoms with E-state index in [0.717, 1.165) is 12.1 Å². The molecule has 0 aromatic heterocycles. The highest BCUT2D eigenvalue weighted by Gasteiger charge is 2.24. The van der Waals surface area contributed by atoms with Crippen LogP contribution in [-0.2, 0) is 4.79 Å². The summed E-state index contributed by atoms with van der Waals surface area (Å²) in [5.74, 6) is -0.135. The Kier molecular flexibility index (Phi) is 9.98. The van der Waals surface area contributed by atoms with E-state index in [4.69, 9.17) is 4.74 Å². The molecule has 0 radical (unpaired) electrons. The highest BCUT2D eigenvalue weighted by Crippen LogP contribution is 2.43. The van der Waals surface area contributed by atoms with Crippen LogP contribution in [0.15, 0.2) is 39.0 Å². The Morgan fingerprint density at radius 3 is 2.29 bits per heavy atom. The molecule has 188 valence electrons. The van der Waals surface area contributed by atoms with Crippen molar-refractivity contribution in [3.63, 3.8) is 0 Å². The summed E-state index contributed by atoms with van der Waals surface area (Å²) in [7, 11) is 0. The van der Waals surface area contributed by atoms with Gasteiger partial charge in [0.2, 0.25) is 5.91 Å². The number of amides is 1. The number of non-ortho nitro benzene ring substituents is 1. The number of aliphatic hydroxyl groups excluding tert-OH is 2. The molecule has 0 atom stereocenters. The van der Waals surface area contributed by atoms with E-state index in [1.807, 2.05) is 0 Å². The minimum Gasteiger partial charge on any atom is -0.492 e. The van der Waals surface area contributed by atoms with Crippen molar-refractivity contribution < 1.29 is 29.6 Å². The average molecular weight is 555 g/mol. The standard InChI is InChI=1S/C20H23BrN6O8/c1-3-35-19-11-16(15(22-12(2)30)10-17(19)25(4-6-28)5-7-29)23-24-20-14(21)8-13(26(31)32)9-18(20)27(33)34/h8-11,28-29H,3-7H2,1-2H3,(H,22,30). The first-order valence-corrected chi connectivity index (χ1v) is 11.0. The Balaban J connectivity index is 2.69. The van der Waals surface area contributed by atoms with Crippen LogP contribution in [-0.4, -0.2) is 58.9 Å². The first kappa shape index (κ1) is 27.6. The van der Waals surface area contributed by atoms with Gasteiger partial charge in [-0.2, -0.15) is 0 Å². The van der Waals surface area contributed by atoms with Gasteiger partial charge < -0.3 is 25.2 Å². The molecule has 0 aliphatic heterocycles. The largest absolute Gasteiger partial charge is 0.492 e. The summed E-state index contributed by atoms with van der Waals surface area (Å²) < 4.78 is 5.65. The lowest BCUT2D eigenvalue weighted by Crippen LogP contribution is -2.30. The number of nitro groups is 2. The van der Waals surface area contributed by atoms with Gasteiger partial charge in [-0.1, -0.05) is 0 Å². The predicted molar refractivity (Wildman–Crippen MR) is 130 cm³/mol. The van der Waals surface area contributed by atoms with Gasteiger partial charge in [0.15, 0.2) is 5.69 Å². The second kappa shape index (κ2) is 12.7. The highest BCUT2D eigenvalue weighted by molar-refractivity contribution is 9.10. The lowest BCUT2D eigenvalue weighted by Gasteiger charge is -2.26. The van der Waals surface area contributed by atoms with Gasteiger partial charge in [-0.05, 0) is 28.9 Å². The number of hydrogen-bond acceptors (Lipinski definition) is 11. The Hall–Kier alpha value is -3.69. The SMILES string of the molecule is CCOc1cc(N=Nc2c(Br)cc([N+](=O)[O-])cc2[N+](=O)[O-])c(NC(C)=O)cc1N(CCO)CCO. The number of nitrogens with zero attached hydrogens (tertiary/aromatic N) is 5. The van der Waals surface area contributed by atoms with Crippen molar-refractivity contribution in [1.29, 1.82) is 0 Å². The van der Waals surface area contributed by atoms with E-state index < -0.39 is 27.1 Å². The normalized spacial score (nSPS) is 10.9. The molecule has 14 nitrogen and oxygen atoms in total. The van der Waals surface area contributed by atoms with E-state index in [9.17, 15) is 35.2 Å². The molecule has 3 N–H and O–H groups in total. The second-order valence-electron chi connectivity index (χ2n) is 6.90. The Morgan fingerprint density at radius 1 is 1.11 bits per heavy atom. The Morgan fingerprint density at radius 2 is 1.77 bits per heavy atom. The van der Waals surface area contributed by atoms with Crippen LogP contribution >= 0.6 is 15.9 Å². The first-order valence-electron chi connectivity index (χ1n) is 10.2. The van der Waals surface area contributed by atoms with Gasteiger partial charge in [-0.25, -0.2) is 0 Å². The van der Waals surface area contributed by atoms with Gasteiger partial charge in [0.05, 0.1) is 51.6 Å². The molecule has 35 heavy (non-hydrogen) atoms. The summed E-state index contributed by atoms with van der Waals surface area (Å²) in [6.07, 6.45) is 0. The van der Waals surface area contributed by atoms with E-state index in [1.54, 1.807) is 11.8 Å². The minimum absolute atomic E-state index is 0.0260. The summed E-state index contributed by atoms with van der Waals surface area (Å²) in [5.41, 5.74) is -0.688. The molecule has 0 heterocycles. The van der Waals surface area contributed by atoms with Crippen molar-refractivity contribution in [3.05, 3.63) is 49.0 Å². The number of ether oxygens (including phenoxy) is 1. The minimum atomic E-state index is -0.822. The van der Waals surface area contributed by atoms with Crippen molar-refractivity contribution in [3.8, 4) is 5.75 Å². The molecule has 0 spiro atoms. The number of azo groups is 1. The molecular formula is C20H23BrN6O8. The molecule has 0 bridgehead atoms. The Labute approximate surface area is 207 Å². The number of nitro benzene ring substituents is 2. The van der Waals surface area contributed by atoms with Crippen molar-refractivity contribution in [2.75, 3.05) is 43.1 Å². The van der Waals surface area contributed by atoms with E-state index in [1.165, 1.54) is 19.1 Å². The van der Waals surface area contributed by atoms with Crippen LogP contribution < -0.4 is 15.0 Å². The molecule has 2 aromatic carbocycles. The van der Waals surface area contributed by atoms with Gasteiger partial charge in [-0.15, -0.1) is 10.2 Å². The quantitative estimate of drug-likeness (QED) is 0.198. The summed E-state index contributed by atoms with van der Waals surface area (Å²) in [6.45, 7) is 3.20.